The molecule has 0 amide bonds. The Morgan fingerprint density at radius 2 is 1.29 bits per heavy atom. The monoisotopic (exact) mass is 181 g/mol. The first-order valence-corrected chi connectivity index (χ1v) is 4.59. The van der Waals surface area contributed by atoms with Crippen molar-refractivity contribution in [2.75, 3.05) is 0 Å². The lowest BCUT2D eigenvalue weighted by atomic mass is 10.2. The van der Waals surface area contributed by atoms with Crippen molar-refractivity contribution in [1.82, 2.24) is 0 Å². The van der Waals surface area contributed by atoms with Crippen molar-refractivity contribution >= 4 is 11.9 Å². The highest BCUT2D eigenvalue weighted by atomic mass is 14.7. The smallest absolute Gasteiger partial charge is 0.0629 e. The number of hydrogen-bond donors (Lipinski definition) is 0. The van der Waals surface area contributed by atoms with Gasteiger partial charge in [-0.15, -0.1) is 0 Å². The van der Waals surface area contributed by atoms with Crippen LogP contribution in [-0.2, 0) is 0 Å². The van der Waals surface area contributed by atoms with Gasteiger partial charge in [0.2, 0.25) is 0 Å². The highest BCUT2D eigenvalue weighted by Gasteiger charge is 1.85. The quantitative estimate of drug-likeness (QED) is 0.629. The summed E-state index contributed by atoms with van der Waals surface area (Å²) in [6.07, 6.45) is 1.87. The third-order valence-corrected chi connectivity index (χ3v) is 1.92. The summed E-state index contributed by atoms with van der Waals surface area (Å²) < 4.78 is 0. The topological polar surface area (TPSA) is 12.4 Å². The summed E-state index contributed by atoms with van der Waals surface area (Å²) in [6, 6.07) is 20.0. The molecule has 0 fully saturated rings. The van der Waals surface area contributed by atoms with E-state index in [9.17, 15) is 0 Å². The van der Waals surface area contributed by atoms with E-state index in [2.05, 4.69) is 4.99 Å². The molecule has 0 aliphatic carbocycles. The molecule has 0 saturated heterocycles. The average Bonchev–Trinajstić information content (AvgIpc) is 2.29. The summed E-state index contributed by atoms with van der Waals surface area (Å²) in [6.45, 7) is 0. The van der Waals surface area contributed by atoms with E-state index in [1.165, 1.54) is 0 Å². The molecule has 2 aromatic rings. The van der Waals surface area contributed by atoms with Crippen LogP contribution >= 0.6 is 0 Å². The van der Waals surface area contributed by atoms with E-state index in [1.54, 1.807) is 0 Å². The summed E-state index contributed by atoms with van der Waals surface area (Å²) in [5.41, 5.74) is 2.10. The molecule has 0 saturated carbocycles. The van der Waals surface area contributed by atoms with E-state index in [0.717, 1.165) is 11.3 Å². The molecule has 0 heterocycles. The lowest BCUT2D eigenvalue weighted by molar-refractivity contribution is 1.53. The largest absolute Gasteiger partial charge is 0.256 e. The number of benzene rings is 2. The number of rotatable bonds is 2. The Kier molecular flexibility index (Phi) is 2.72. The van der Waals surface area contributed by atoms with E-state index in [0.29, 0.717) is 0 Å². The fraction of sp³-hybridized carbons (Fsp3) is 0. The summed E-state index contributed by atoms with van der Waals surface area (Å²) in [5, 5.41) is 0. The van der Waals surface area contributed by atoms with Crippen molar-refractivity contribution in [3.63, 3.8) is 0 Å². The van der Waals surface area contributed by atoms with Crippen LogP contribution in [-0.4, -0.2) is 6.21 Å². The summed E-state index contributed by atoms with van der Waals surface area (Å²) >= 11 is 0. The maximum atomic E-state index is 4.35. The Balaban J connectivity index is 2.16. The van der Waals surface area contributed by atoms with Gasteiger partial charge in [0.25, 0.3) is 0 Å². The molecular weight excluding hydrogens is 170 g/mol. The molecule has 2 aromatic carbocycles. The van der Waals surface area contributed by atoms with Crippen molar-refractivity contribution in [2.24, 2.45) is 4.99 Å². The zero-order valence-corrected chi connectivity index (χ0v) is 7.80. The van der Waals surface area contributed by atoms with E-state index in [1.807, 2.05) is 66.9 Å². The van der Waals surface area contributed by atoms with Gasteiger partial charge in [-0.2, -0.15) is 0 Å². The zero-order valence-electron chi connectivity index (χ0n) is 7.80. The lowest BCUT2D eigenvalue weighted by Crippen LogP contribution is -1.77. The zero-order chi connectivity index (χ0) is 9.64. The van der Waals surface area contributed by atoms with Crippen molar-refractivity contribution in [2.45, 2.75) is 0 Å². The van der Waals surface area contributed by atoms with Crippen LogP contribution in [0.5, 0.6) is 0 Å². The molecule has 0 aliphatic heterocycles. The number of nitrogens with zero attached hydrogens (tertiary/aromatic N) is 1. The van der Waals surface area contributed by atoms with Crippen LogP contribution in [0.15, 0.2) is 65.7 Å². The fourth-order valence-corrected chi connectivity index (χ4v) is 1.20. The number of hydrogen-bond acceptors (Lipinski definition) is 1. The SMILES string of the molecule is C(=Nc1ccccc1)c1ccccc1. The molecule has 0 aliphatic rings. The van der Waals surface area contributed by atoms with Gasteiger partial charge < -0.3 is 0 Å². The second kappa shape index (κ2) is 4.38. The minimum Gasteiger partial charge on any atom is -0.256 e. The third kappa shape index (κ3) is 2.30. The van der Waals surface area contributed by atoms with Gasteiger partial charge in [-0.25, -0.2) is 0 Å². The van der Waals surface area contributed by atoms with Gasteiger partial charge in [0.15, 0.2) is 0 Å². The van der Waals surface area contributed by atoms with Gasteiger partial charge in [0.1, 0.15) is 0 Å². The van der Waals surface area contributed by atoms with Gasteiger partial charge in [-0.3, -0.25) is 4.99 Å². The Bertz CT molecular complexity index is 362. The normalized spacial score (nSPS) is 10.6. The Morgan fingerprint density at radius 1 is 0.714 bits per heavy atom. The average molecular weight is 181 g/mol. The number of para-hydroxylation sites is 1. The number of aliphatic imine (C=N–C) groups is 1. The molecule has 1 nitrogen and oxygen atoms in total. The van der Waals surface area contributed by atoms with Crippen molar-refractivity contribution in [3.05, 3.63) is 66.2 Å². The predicted molar refractivity (Wildman–Crippen MR) is 60.1 cm³/mol. The molecule has 1 heteroatoms. The molecule has 0 unspecified atom stereocenters. The van der Waals surface area contributed by atoms with Crippen LogP contribution in [0.2, 0.25) is 0 Å². The minimum atomic E-state index is 0.983. The van der Waals surface area contributed by atoms with E-state index >= 15 is 0 Å². The van der Waals surface area contributed by atoms with Crippen LogP contribution < -0.4 is 0 Å². The van der Waals surface area contributed by atoms with Crippen molar-refractivity contribution < 1.29 is 0 Å². The molecule has 0 spiro atoms. The fourth-order valence-electron chi connectivity index (χ4n) is 1.20. The van der Waals surface area contributed by atoms with E-state index in [4.69, 9.17) is 0 Å². The molecular formula is C13H11N. The first kappa shape index (κ1) is 8.70. The van der Waals surface area contributed by atoms with Gasteiger partial charge in [0.05, 0.1) is 5.69 Å². The highest BCUT2D eigenvalue weighted by Crippen LogP contribution is 2.09. The van der Waals surface area contributed by atoms with E-state index < -0.39 is 0 Å². The van der Waals surface area contributed by atoms with Gasteiger partial charge in [-0.05, 0) is 17.7 Å². The predicted octanol–water partition coefficient (Wildman–Crippen LogP) is 3.44. The van der Waals surface area contributed by atoms with Crippen LogP contribution in [0.25, 0.3) is 0 Å². The summed E-state index contributed by atoms with van der Waals surface area (Å²) in [4.78, 5) is 4.35. The lowest BCUT2D eigenvalue weighted by Gasteiger charge is -1.92. The molecule has 0 bridgehead atoms. The Morgan fingerprint density at radius 3 is 1.93 bits per heavy atom. The molecule has 0 atom stereocenters. The minimum absolute atomic E-state index is 0.983. The summed E-state index contributed by atoms with van der Waals surface area (Å²) in [7, 11) is 0. The molecule has 0 N–H and O–H groups in total. The van der Waals surface area contributed by atoms with E-state index in [-0.39, 0.29) is 0 Å². The Hall–Kier alpha value is -1.89. The van der Waals surface area contributed by atoms with Gasteiger partial charge in [-0.1, -0.05) is 48.5 Å². The maximum Gasteiger partial charge on any atom is 0.0629 e. The maximum absolute atomic E-state index is 4.35. The van der Waals surface area contributed by atoms with Crippen molar-refractivity contribution in [3.8, 4) is 0 Å². The second-order valence-corrected chi connectivity index (χ2v) is 3.00. The van der Waals surface area contributed by atoms with Gasteiger partial charge in [0, 0.05) is 6.21 Å². The van der Waals surface area contributed by atoms with Crippen molar-refractivity contribution in [1.29, 1.82) is 0 Å². The molecule has 14 heavy (non-hydrogen) atoms. The standard InChI is InChI=1S/C13H11N/c1-3-7-12(8-4-1)11-14-13-9-5-2-6-10-13/h1-11H. The third-order valence-electron chi connectivity index (χ3n) is 1.92. The highest BCUT2D eigenvalue weighted by molar-refractivity contribution is 5.81. The second-order valence-electron chi connectivity index (χ2n) is 3.00. The first-order valence-electron chi connectivity index (χ1n) is 4.59. The molecule has 2 rings (SSSR count). The van der Waals surface area contributed by atoms with Crippen LogP contribution in [0.1, 0.15) is 5.56 Å². The van der Waals surface area contributed by atoms with Crippen LogP contribution in [0, 0.1) is 0 Å². The van der Waals surface area contributed by atoms with Crippen LogP contribution in [0.4, 0.5) is 5.69 Å². The summed E-state index contributed by atoms with van der Waals surface area (Å²) in [5.74, 6) is 0. The Labute approximate surface area is 83.7 Å². The molecule has 0 aromatic heterocycles. The van der Waals surface area contributed by atoms with Crippen LogP contribution in [0.3, 0.4) is 0 Å². The van der Waals surface area contributed by atoms with Gasteiger partial charge >= 0.3 is 0 Å². The molecule has 68 valence electrons. The molecule has 0 radical (unpaired) electrons. The first-order chi connectivity index (χ1) is 6.95.